The number of rotatable bonds is 6. The first kappa shape index (κ1) is 15.5. The van der Waals surface area contributed by atoms with Crippen LogP contribution in [0.4, 0.5) is 0 Å². The third-order valence-corrected chi connectivity index (χ3v) is 3.08. The van der Waals surface area contributed by atoms with Crippen LogP contribution in [0.1, 0.15) is 32.1 Å². The number of carbonyl (C=O) groups is 2. The van der Waals surface area contributed by atoms with Crippen molar-refractivity contribution in [1.82, 2.24) is 4.90 Å². The van der Waals surface area contributed by atoms with Gasteiger partial charge in [-0.3, -0.25) is 9.59 Å². The molecule has 5 nitrogen and oxygen atoms in total. The first-order valence-corrected chi connectivity index (χ1v) is 6.57. The number of ether oxygens (including phenoxy) is 2. The summed E-state index contributed by atoms with van der Waals surface area (Å²) in [4.78, 5) is 24.9. The van der Waals surface area contributed by atoms with Crippen LogP contribution in [0.15, 0.2) is 0 Å². The largest absolute Gasteiger partial charge is 0.469 e. The summed E-state index contributed by atoms with van der Waals surface area (Å²) in [6.07, 6.45) is 8.00. The van der Waals surface area contributed by atoms with E-state index >= 15 is 0 Å². The van der Waals surface area contributed by atoms with Gasteiger partial charge in [0.2, 0.25) is 5.91 Å². The highest BCUT2D eigenvalue weighted by molar-refractivity contribution is 5.76. The highest BCUT2D eigenvalue weighted by atomic mass is 16.5. The van der Waals surface area contributed by atoms with Crippen molar-refractivity contribution in [1.29, 1.82) is 0 Å². The Kier molecular flexibility index (Phi) is 6.98. The molecule has 1 heterocycles. The van der Waals surface area contributed by atoms with E-state index in [-0.39, 0.29) is 24.4 Å². The number of terminal acetylenes is 1. The van der Waals surface area contributed by atoms with Gasteiger partial charge in [-0.05, 0) is 12.8 Å². The molecular formula is C14H21NO4. The number of unbranched alkanes of at least 4 members (excludes halogenated alkanes) is 2. The smallest absolute Gasteiger partial charge is 0.308 e. The highest BCUT2D eigenvalue weighted by Crippen LogP contribution is 2.12. The highest BCUT2D eigenvalue weighted by Gasteiger charge is 2.25. The van der Waals surface area contributed by atoms with E-state index in [4.69, 9.17) is 11.2 Å². The zero-order valence-corrected chi connectivity index (χ0v) is 11.4. The Morgan fingerprint density at radius 2 is 2.26 bits per heavy atom. The normalized spacial score (nSPS) is 18.7. The Hall–Kier alpha value is -1.54. The fraction of sp³-hybridized carbons (Fsp3) is 0.714. The number of amides is 1. The number of hydrogen-bond acceptors (Lipinski definition) is 4. The Morgan fingerprint density at radius 3 is 2.95 bits per heavy atom. The summed E-state index contributed by atoms with van der Waals surface area (Å²) >= 11 is 0. The van der Waals surface area contributed by atoms with Gasteiger partial charge >= 0.3 is 5.97 Å². The fourth-order valence-electron chi connectivity index (χ4n) is 2.00. The lowest BCUT2D eigenvalue weighted by Crippen LogP contribution is -2.46. The van der Waals surface area contributed by atoms with Crippen molar-refractivity contribution in [3.05, 3.63) is 0 Å². The number of methoxy groups -OCH3 is 1. The third-order valence-electron chi connectivity index (χ3n) is 3.08. The number of morpholine rings is 1. The van der Waals surface area contributed by atoms with Crippen LogP contribution in [0.5, 0.6) is 0 Å². The molecular weight excluding hydrogens is 246 g/mol. The van der Waals surface area contributed by atoms with Gasteiger partial charge < -0.3 is 14.4 Å². The first-order chi connectivity index (χ1) is 9.17. The van der Waals surface area contributed by atoms with Crippen LogP contribution >= 0.6 is 0 Å². The van der Waals surface area contributed by atoms with Gasteiger partial charge in [-0.25, -0.2) is 0 Å². The molecule has 0 spiro atoms. The van der Waals surface area contributed by atoms with Crippen LogP contribution in [0, 0.1) is 12.3 Å². The SMILES string of the molecule is C#CCCCCC(=O)N1CCOC(CC(=O)OC)C1. The Bertz CT molecular complexity index is 348. The van der Waals surface area contributed by atoms with Gasteiger partial charge in [0, 0.05) is 25.9 Å². The predicted octanol–water partition coefficient (Wildman–Crippen LogP) is 0.970. The monoisotopic (exact) mass is 267 g/mol. The number of nitrogens with zero attached hydrogens (tertiary/aromatic N) is 1. The van der Waals surface area contributed by atoms with E-state index < -0.39 is 0 Å². The molecule has 0 aromatic carbocycles. The number of hydrogen-bond donors (Lipinski definition) is 0. The Labute approximate surface area is 114 Å². The Morgan fingerprint density at radius 1 is 1.47 bits per heavy atom. The van der Waals surface area contributed by atoms with Crippen LogP contribution in [-0.2, 0) is 19.1 Å². The van der Waals surface area contributed by atoms with Crippen molar-refractivity contribution in [3.8, 4) is 12.3 Å². The number of esters is 1. The molecule has 106 valence electrons. The molecule has 1 rings (SSSR count). The maximum absolute atomic E-state index is 12.0. The lowest BCUT2D eigenvalue weighted by atomic mass is 10.1. The van der Waals surface area contributed by atoms with E-state index in [1.54, 1.807) is 4.90 Å². The van der Waals surface area contributed by atoms with Crippen LogP contribution in [0.25, 0.3) is 0 Å². The fourth-order valence-corrected chi connectivity index (χ4v) is 2.00. The van der Waals surface area contributed by atoms with Crippen molar-refractivity contribution in [3.63, 3.8) is 0 Å². The number of carbonyl (C=O) groups excluding carboxylic acids is 2. The average molecular weight is 267 g/mol. The van der Waals surface area contributed by atoms with Gasteiger partial charge in [0.1, 0.15) is 0 Å². The summed E-state index contributed by atoms with van der Waals surface area (Å²) < 4.78 is 10.1. The predicted molar refractivity (Wildman–Crippen MR) is 70.3 cm³/mol. The average Bonchev–Trinajstić information content (AvgIpc) is 2.43. The molecule has 1 unspecified atom stereocenters. The van der Waals surface area contributed by atoms with Crippen molar-refractivity contribution in [2.24, 2.45) is 0 Å². The minimum Gasteiger partial charge on any atom is -0.469 e. The van der Waals surface area contributed by atoms with Crippen molar-refractivity contribution in [2.45, 2.75) is 38.2 Å². The molecule has 1 aliphatic rings. The second-order valence-corrected chi connectivity index (χ2v) is 4.52. The van der Waals surface area contributed by atoms with Crippen molar-refractivity contribution >= 4 is 11.9 Å². The Balaban J connectivity index is 2.31. The molecule has 5 heteroatoms. The van der Waals surface area contributed by atoms with Crippen LogP contribution in [-0.4, -0.2) is 49.7 Å². The maximum atomic E-state index is 12.0. The minimum absolute atomic E-state index is 0.107. The van der Waals surface area contributed by atoms with Gasteiger partial charge in [0.05, 0.1) is 26.2 Å². The zero-order valence-electron chi connectivity index (χ0n) is 11.4. The lowest BCUT2D eigenvalue weighted by Gasteiger charge is -2.32. The van der Waals surface area contributed by atoms with Gasteiger partial charge in [-0.2, -0.15) is 0 Å². The summed E-state index contributed by atoms with van der Waals surface area (Å²) in [6.45, 7) is 1.52. The molecule has 19 heavy (non-hydrogen) atoms. The van der Waals surface area contributed by atoms with Gasteiger partial charge in [0.25, 0.3) is 0 Å². The summed E-state index contributed by atoms with van der Waals surface area (Å²) in [5.41, 5.74) is 0. The molecule has 0 aromatic heterocycles. The molecule has 1 saturated heterocycles. The van der Waals surface area contributed by atoms with E-state index in [0.717, 1.165) is 12.8 Å². The summed E-state index contributed by atoms with van der Waals surface area (Å²) in [5, 5.41) is 0. The molecule has 0 aliphatic carbocycles. The van der Waals surface area contributed by atoms with Crippen LogP contribution in [0.2, 0.25) is 0 Å². The minimum atomic E-state index is -0.312. The molecule has 1 aliphatic heterocycles. The van der Waals surface area contributed by atoms with E-state index in [1.165, 1.54) is 7.11 Å². The van der Waals surface area contributed by atoms with Gasteiger partial charge in [-0.1, -0.05) is 0 Å². The molecule has 0 saturated carbocycles. The zero-order chi connectivity index (χ0) is 14.1. The van der Waals surface area contributed by atoms with E-state index in [9.17, 15) is 9.59 Å². The topological polar surface area (TPSA) is 55.8 Å². The molecule has 0 N–H and O–H groups in total. The van der Waals surface area contributed by atoms with Crippen molar-refractivity contribution < 1.29 is 19.1 Å². The van der Waals surface area contributed by atoms with Gasteiger partial charge in [0.15, 0.2) is 0 Å². The second kappa shape index (κ2) is 8.54. The van der Waals surface area contributed by atoms with E-state index in [1.807, 2.05) is 0 Å². The third kappa shape index (κ3) is 5.75. The van der Waals surface area contributed by atoms with Crippen LogP contribution < -0.4 is 0 Å². The van der Waals surface area contributed by atoms with E-state index in [2.05, 4.69) is 10.7 Å². The second-order valence-electron chi connectivity index (χ2n) is 4.52. The molecule has 1 amide bonds. The maximum Gasteiger partial charge on any atom is 0.308 e. The molecule has 1 atom stereocenters. The summed E-state index contributed by atoms with van der Waals surface area (Å²) in [7, 11) is 1.35. The lowest BCUT2D eigenvalue weighted by molar-refractivity contribution is -0.150. The molecule has 0 radical (unpaired) electrons. The standard InChI is InChI=1S/C14H21NO4/c1-3-4-5-6-7-13(16)15-8-9-19-12(11-15)10-14(17)18-2/h1,12H,4-11H2,2H3. The molecule has 1 fully saturated rings. The summed E-state index contributed by atoms with van der Waals surface area (Å²) in [5.74, 6) is 2.35. The first-order valence-electron chi connectivity index (χ1n) is 6.57. The summed E-state index contributed by atoms with van der Waals surface area (Å²) in [6, 6.07) is 0. The van der Waals surface area contributed by atoms with Gasteiger partial charge in [-0.15, -0.1) is 12.3 Å². The molecule has 0 bridgehead atoms. The molecule has 0 aromatic rings. The van der Waals surface area contributed by atoms with Crippen LogP contribution in [0.3, 0.4) is 0 Å². The van der Waals surface area contributed by atoms with Crippen molar-refractivity contribution in [2.75, 3.05) is 26.8 Å². The quantitative estimate of drug-likeness (QED) is 0.409. The van der Waals surface area contributed by atoms with E-state index in [0.29, 0.717) is 32.5 Å².